The van der Waals surface area contributed by atoms with Crippen LogP contribution in [0.3, 0.4) is 0 Å². The van der Waals surface area contributed by atoms with Crippen LogP contribution in [0.4, 0.5) is 0 Å². The van der Waals surface area contributed by atoms with Crippen molar-refractivity contribution in [1.29, 1.82) is 0 Å². The van der Waals surface area contributed by atoms with E-state index in [9.17, 15) is 9.90 Å². The standard InChI is InChI=1S/C21H19NO4/c1-25-14-5-7-17-16(11-14)15-6-4-13(21(24)20(15)22-17)9-12-3-8-18(23)19(10-12)26-2/h3,5,7-11,22-23H,4,6H2,1-2H3/b13-9+. The first-order valence-electron chi connectivity index (χ1n) is 8.41. The Morgan fingerprint density at radius 3 is 2.69 bits per heavy atom. The summed E-state index contributed by atoms with van der Waals surface area (Å²) in [7, 11) is 3.14. The molecular formula is C21H19NO4. The number of Topliss-reactive ketones (excluding diaryl/α,β-unsaturated/α-hetero) is 1. The van der Waals surface area contributed by atoms with Crippen LogP contribution in [-0.4, -0.2) is 30.1 Å². The van der Waals surface area contributed by atoms with Crippen LogP contribution in [0.1, 0.15) is 28.0 Å². The van der Waals surface area contributed by atoms with Gasteiger partial charge >= 0.3 is 0 Å². The molecule has 1 aliphatic rings. The van der Waals surface area contributed by atoms with Crippen molar-refractivity contribution < 1.29 is 19.4 Å². The molecule has 0 saturated heterocycles. The molecule has 0 atom stereocenters. The van der Waals surface area contributed by atoms with Crippen LogP contribution < -0.4 is 9.47 Å². The highest BCUT2D eigenvalue weighted by molar-refractivity contribution is 6.15. The molecule has 132 valence electrons. The van der Waals surface area contributed by atoms with Crippen molar-refractivity contribution in [2.45, 2.75) is 12.8 Å². The molecule has 0 fully saturated rings. The Labute approximate surface area is 150 Å². The zero-order chi connectivity index (χ0) is 18.3. The van der Waals surface area contributed by atoms with Gasteiger partial charge in [-0.25, -0.2) is 0 Å². The third-order valence-corrected chi connectivity index (χ3v) is 4.82. The summed E-state index contributed by atoms with van der Waals surface area (Å²) in [4.78, 5) is 16.2. The predicted octanol–water partition coefficient (Wildman–Crippen LogP) is 4.10. The highest BCUT2D eigenvalue weighted by Crippen LogP contribution is 2.34. The molecule has 4 rings (SSSR count). The van der Waals surface area contributed by atoms with E-state index in [0.29, 0.717) is 17.9 Å². The molecule has 26 heavy (non-hydrogen) atoms. The predicted molar refractivity (Wildman–Crippen MR) is 100 cm³/mol. The van der Waals surface area contributed by atoms with Gasteiger partial charge in [0.05, 0.1) is 19.9 Å². The molecule has 5 nitrogen and oxygen atoms in total. The fraction of sp³-hybridized carbons (Fsp3) is 0.190. The van der Waals surface area contributed by atoms with Crippen molar-refractivity contribution in [3.8, 4) is 17.2 Å². The number of aromatic nitrogens is 1. The average Bonchev–Trinajstić information content (AvgIpc) is 3.04. The second kappa shape index (κ2) is 6.26. The van der Waals surface area contributed by atoms with Crippen LogP contribution in [-0.2, 0) is 6.42 Å². The van der Waals surface area contributed by atoms with Crippen LogP contribution >= 0.6 is 0 Å². The molecule has 1 aromatic heterocycles. The molecule has 0 radical (unpaired) electrons. The molecule has 1 heterocycles. The number of phenols is 1. The van der Waals surface area contributed by atoms with Gasteiger partial charge in [-0.3, -0.25) is 4.79 Å². The Hall–Kier alpha value is -3.21. The molecule has 1 aliphatic carbocycles. The number of rotatable bonds is 3. The van der Waals surface area contributed by atoms with Gasteiger partial charge in [0.2, 0.25) is 5.78 Å². The van der Waals surface area contributed by atoms with Gasteiger partial charge in [0.1, 0.15) is 5.75 Å². The van der Waals surface area contributed by atoms with Gasteiger partial charge < -0.3 is 19.6 Å². The fourth-order valence-corrected chi connectivity index (χ4v) is 3.46. The lowest BCUT2D eigenvalue weighted by Crippen LogP contribution is -2.13. The number of carbonyl (C=O) groups excluding carboxylic acids is 1. The summed E-state index contributed by atoms with van der Waals surface area (Å²) < 4.78 is 10.4. The molecule has 3 aromatic rings. The van der Waals surface area contributed by atoms with Gasteiger partial charge in [-0.2, -0.15) is 0 Å². The first-order valence-corrected chi connectivity index (χ1v) is 8.41. The summed E-state index contributed by atoms with van der Waals surface area (Å²) in [6.07, 6.45) is 3.31. The van der Waals surface area contributed by atoms with Crippen molar-refractivity contribution in [3.63, 3.8) is 0 Å². The second-order valence-electron chi connectivity index (χ2n) is 6.32. The third kappa shape index (κ3) is 2.62. The topological polar surface area (TPSA) is 71.6 Å². The van der Waals surface area contributed by atoms with Crippen molar-refractivity contribution in [2.75, 3.05) is 14.2 Å². The number of benzene rings is 2. The first kappa shape index (κ1) is 16.3. The summed E-state index contributed by atoms with van der Waals surface area (Å²) >= 11 is 0. The molecule has 2 N–H and O–H groups in total. The molecule has 2 aromatic carbocycles. The highest BCUT2D eigenvalue weighted by atomic mass is 16.5. The molecule has 0 saturated carbocycles. The number of aromatic hydroxyl groups is 1. The van der Waals surface area contributed by atoms with E-state index in [1.807, 2.05) is 24.3 Å². The number of aromatic amines is 1. The number of hydrogen-bond acceptors (Lipinski definition) is 4. The minimum absolute atomic E-state index is 0.00783. The van der Waals surface area contributed by atoms with Crippen LogP contribution in [0.15, 0.2) is 42.0 Å². The van der Waals surface area contributed by atoms with E-state index in [-0.39, 0.29) is 11.5 Å². The monoisotopic (exact) mass is 349 g/mol. The van der Waals surface area contributed by atoms with Crippen LogP contribution in [0, 0.1) is 0 Å². The summed E-state index contributed by atoms with van der Waals surface area (Å²) in [6.45, 7) is 0. The second-order valence-corrected chi connectivity index (χ2v) is 6.32. The number of ether oxygens (including phenoxy) is 2. The summed E-state index contributed by atoms with van der Waals surface area (Å²) in [6, 6.07) is 10.9. The molecule has 0 unspecified atom stereocenters. The molecule has 0 amide bonds. The Bertz CT molecular complexity index is 1050. The molecule has 5 heteroatoms. The molecular weight excluding hydrogens is 330 g/mol. The van der Waals surface area contributed by atoms with Crippen molar-refractivity contribution in [2.24, 2.45) is 0 Å². The van der Waals surface area contributed by atoms with Gasteiger partial charge in [-0.05, 0) is 60.4 Å². The number of H-pyrrole nitrogens is 1. The number of nitrogens with one attached hydrogen (secondary N) is 1. The SMILES string of the molecule is COc1ccc2[nH]c3c(c2c1)CC/C(=C\c1ccc(O)c(OC)c1)C3=O. The Morgan fingerprint density at radius 2 is 1.92 bits per heavy atom. The third-order valence-electron chi connectivity index (χ3n) is 4.82. The number of methoxy groups -OCH3 is 2. The van der Waals surface area contributed by atoms with Crippen LogP contribution in [0.5, 0.6) is 17.2 Å². The Kier molecular flexibility index (Phi) is 3.92. The summed E-state index contributed by atoms with van der Waals surface area (Å²) in [5.74, 6) is 1.26. The molecule has 0 aliphatic heterocycles. The van der Waals surface area contributed by atoms with Gasteiger partial charge in [-0.15, -0.1) is 0 Å². The minimum Gasteiger partial charge on any atom is -0.504 e. The maximum atomic E-state index is 13.0. The van der Waals surface area contributed by atoms with Gasteiger partial charge in [0.15, 0.2) is 11.5 Å². The number of carbonyl (C=O) groups is 1. The summed E-state index contributed by atoms with van der Waals surface area (Å²) in [5, 5.41) is 10.8. The van der Waals surface area contributed by atoms with Crippen molar-refractivity contribution >= 4 is 22.8 Å². The lowest BCUT2D eigenvalue weighted by atomic mass is 9.89. The number of aryl methyl sites for hydroxylation is 1. The number of fused-ring (bicyclic) bond motifs is 3. The zero-order valence-electron chi connectivity index (χ0n) is 14.6. The van der Waals surface area contributed by atoms with Crippen LogP contribution in [0.2, 0.25) is 0 Å². The first-order chi connectivity index (χ1) is 12.6. The van der Waals surface area contributed by atoms with Gasteiger partial charge in [0, 0.05) is 16.5 Å². The minimum atomic E-state index is 0.00783. The van der Waals surface area contributed by atoms with E-state index in [2.05, 4.69) is 4.98 Å². The van der Waals surface area contributed by atoms with Crippen molar-refractivity contribution in [1.82, 2.24) is 4.98 Å². The van der Waals surface area contributed by atoms with E-state index < -0.39 is 0 Å². The lowest BCUT2D eigenvalue weighted by Gasteiger charge is -2.14. The van der Waals surface area contributed by atoms with E-state index in [1.54, 1.807) is 25.3 Å². The Morgan fingerprint density at radius 1 is 1.08 bits per heavy atom. The van der Waals surface area contributed by atoms with Gasteiger partial charge in [-0.1, -0.05) is 6.07 Å². The lowest BCUT2D eigenvalue weighted by molar-refractivity contribution is 0.102. The molecule has 0 spiro atoms. The number of hydrogen-bond donors (Lipinski definition) is 2. The summed E-state index contributed by atoms with van der Waals surface area (Å²) in [5.41, 5.74) is 4.20. The van der Waals surface area contributed by atoms with E-state index >= 15 is 0 Å². The zero-order valence-corrected chi connectivity index (χ0v) is 14.6. The maximum Gasteiger partial charge on any atom is 0.205 e. The normalized spacial score (nSPS) is 15.3. The fourth-order valence-electron chi connectivity index (χ4n) is 3.46. The number of ketones is 1. The number of phenolic OH excluding ortho intramolecular Hbond substituents is 1. The maximum absolute atomic E-state index is 13.0. The average molecular weight is 349 g/mol. The number of allylic oxidation sites excluding steroid dienone is 1. The quantitative estimate of drug-likeness (QED) is 0.698. The van der Waals surface area contributed by atoms with Gasteiger partial charge in [0.25, 0.3) is 0 Å². The molecule has 0 bridgehead atoms. The van der Waals surface area contributed by atoms with Crippen LogP contribution in [0.25, 0.3) is 17.0 Å². The Balaban J connectivity index is 1.74. The van der Waals surface area contributed by atoms with E-state index in [0.717, 1.165) is 39.8 Å². The highest BCUT2D eigenvalue weighted by Gasteiger charge is 2.26. The largest absolute Gasteiger partial charge is 0.504 e. The van der Waals surface area contributed by atoms with E-state index in [4.69, 9.17) is 9.47 Å². The smallest absolute Gasteiger partial charge is 0.205 e. The van der Waals surface area contributed by atoms with Crippen molar-refractivity contribution in [3.05, 3.63) is 58.8 Å². The van der Waals surface area contributed by atoms with E-state index in [1.165, 1.54) is 7.11 Å².